The highest BCUT2D eigenvalue weighted by molar-refractivity contribution is 6.09. The third-order valence-electron chi connectivity index (χ3n) is 4.33. The molecule has 0 bridgehead atoms. The molecule has 3 rings (SSSR count). The molecule has 136 valence electrons. The first-order chi connectivity index (χ1) is 12.6. The van der Waals surface area contributed by atoms with Crippen molar-refractivity contribution in [3.05, 3.63) is 48.2 Å². The smallest absolute Gasteiger partial charge is 0.355 e. The van der Waals surface area contributed by atoms with Gasteiger partial charge in [0.1, 0.15) is 11.4 Å². The molecule has 0 fully saturated rings. The lowest BCUT2D eigenvalue weighted by molar-refractivity contribution is 0.0515. The summed E-state index contributed by atoms with van der Waals surface area (Å²) < 4.78 is 12.9. The normalized spacial score (nSPS) is 10.9. The quantitative estimate of drug-likeness (QED) is 0.524. The Kier molecular flexibility index (Phi) is 5.16. The SMILES string of the molecule is CCOC(=O)c1c(-c2ccc(OCC)cc2)c2cc(N)ccc2n1CC. The predicted molar refractivity (Wildman–Crippen MR) is 105 cm³/mol. The molecule has 0 spiro atoms. The van der Waals surface area contributed by atoms with Crippen molar-refractivity contribution in [2.45, 2.75) is 27.3 Å². The largest absolute Gasteiger partial charge is 0.494 e. The molecule has 0 unspecified atom stereocenters. The number of nitrogens with two attached hydrogens (primary N) is 1. The number of fused-ring (bicyclic) bond motifs is 1. The highest BCUT2D eigenvalue weighted by atomic mass is 16.5. The number of carbonyl (C=O) groups is 1. The van der Waals surface area contributed by atoms with Gasteiger partial charge in [-0.3, -0.25) is 0 Å². The van der Waals surface area contributed by atoms with Gasteiger partial charge >= 0.3 is 5.97 Å². The molecule has 5 nitrogen and oxygen atoms in total. The van der Waals surface area contributed by atoms with Gasteiger partial charge in [0.2, 0.25) is 0 Å². The number of benzene rings is 2. The Labute approximate surface area is 153 Å². The Morgan fingerprint density at radius 1 is 1.04 bits per heavy atom. The molecular formula is C21H24N2O3. The predicted octanol–water partition coefficient (Wildman–Crippen LogP) is 4.49. The fraction of sp³-hybridized carbons (Fsp3) is 0.286. The van der Waals surface area contributed by atoms with Crippen molar-refractivity contribution >= 4 is 22.6 Å². The van der Waals surface area contributed by atoms with Gasteiger partial charge in [-0.05, 0) is 56.7 Å². The van der Waals surface area contributed by atoms with E-state index in [4.69, 9.17) is 15.2 Å². The van der Waals surface area contributed by atoms with E-state index in [0.29, 0.717) is 31.1 Å². The van der Waals surface area contributed by atoms with E-state index in [0.717, 1.165) is 27.8 Å². The lowest BCUT2D eigenvalue weighted by atomic mass is 10.0. The standard InChI is InChI=1S/C21H24N2O3/c1-4-23-18-12-9-15(22)13-17(18)19(20(23)21(24)26-6-3)14-7-10-16(11-8-14)25-5-2/h7-13H,4-6,22H2,1-3H3. The lowest BCUT2D eigenvalue weighted by Gasteiger charge is -2.10. The first-order valence-electron chi connectivity index (χ1n) is 8.92. The summed E-state index contributed by atoms with van der Waals surface area (Å²) in [7, 11) is 0. The van der Waals surface area contributed by atoms with E-state index in [9.17, 15) is 4.79 Å². The van der Waals surface area contributed by atoms with Crippen molar-refractivity contribution in [2.75, 3.05) is 18.9 Å². The summed E-state index contributed by atoms with van der Waals surface area (Å²) in [6, 6.07) is 13.5. The first kappa shape index (κ1) is 17.9. The zero-order chi connectivity index (χ0) is 18.7. The van der Waals surface area contributed by atoms with Crippen molar-refractivity contribution in [2.24, 2.45) is 0 Å². The second-order valence-corrected chi connectivity index (χ2v) is 5.92. The van der Waals surface area contributed by atoms with Crippen LogP contribution >= 0.6 is 0 Å². The highest BCUT2D eigenvalue weighted by Gasteiger charge is 2.24. The molecule has 0 saturated carbocycles. The van der Waals surface area contributed by atoms with Crippen molar-refractivity contribution < 1.29 is 14.3 Å². The number of hydrogen-bond donors (Lipinski definition) is 1. The van der Waals surface area contributed by atoms with Gasteiger partial charge in [0.25, 0.3) is 0 Å². The van der Waals surface area contributed by atoms with E-state index in [2.05, 4.69) is 0 Å². The van der Waals surface area contributed by atoms with Crippen molar-refractivity contribution in [3.63, 3.8) is 0 Å². The Hall–Kier alpha value is -2.95. The van der Waals surface area contributed by atoms with Crippen molar-refractivity contribution in [1.82, 2.24) is 4.57 Å². The molecule has 1 heterocycles. The van der Waals surface area contributed by atoms with Gasteiger partial charge in [-0.25, -0.2) is 4.79 Å². The van der Waals surface area contributed by atoms with Crippen LogP contribution in [-0.4, -0.2) is 23.8 Å². The number of hydrogen-bond acceptors (Lipinski definition) is 4. The number of aryl methyl sites for hydroxylation is 1. The van der Waals surface area contributed by atoms with E-state index < -0.39 is 0 Å². The zero-order valence-corrected chi connectivity index (χ0v) is 15.4. The van der Waals surface area contributed by atoms with Crippen LogP contribution in [-0.2, 0) is 11.3 Å². The number of rotatable bonds is 6. The van der Waals surface area contributed by atoms with Crippen molar-refractivity contribution in [1.29, 1.82) is 0 Å². The molecule has 2 aromatic carbocycles. The second kappa shape index (κ2) is 7.52. The van der Waals surface area contributed by atoms with E-state index in [-0.39, 0.29) is 5.97 Å². The molecule has 0 aliphatic heterocycles. The summed E-state index contributed by atoms with van der Waals surface area (Å²) in [5, 5.41) is 0.944. The second-order valence-electron chi connectivity index (χ2n) is 5.92. The van der Waals surface area contributed by atoms with Crippen LogP contribution in [0.5, 0.6) is 5.75 Å². The van der Waals surface area contributed by atoms with Crippen LogP contribution < -0.4 is 10.5 Å². The third-order valence-corrected chi connectivity index (χ3v) is 4.33. The Morgan fingerprint density at radius 2 is 1.77 bits per heavy atom. The maximum absolute atomic E-state index is 12.7. The maximum atomic E-state index is 12.7. The van der Waals surface area contributed by atoms with Gasteiger partial charge < -0.3 is 19.8 Å². The minimum atomic E-state index is -0.326. The number of aromatic nitrogens is 1. The average molecular weight is 352 g/mol. The van der Waals surface area contributed by atoms with Crippen LogP contribution in [0.4, 0.5) is 5.69 Å². The number of nitrogens with zero attached hydrogens (tertiary/aromatic N) is 1. The molecule has 26 heavy (non-hydrogen) atoms. The van der Waals surface area contributed by atoms with E-state index in [1.165, 1.54) is 0 Å². The van der Waals surface area contributed by atoms with Gasteiger partial charge in [-0.15, -0.1) is 0 Å². The van der Waals surface area contributed by atoms with Gasteiger partial charge in [0, 0.05) is 28.7 Å². The third kappa shape index (κ3) is 3.12. The van der Waals surface area contributed by atoms with Crippen molar-refractivity contribution in [3.8, 4) is 16.9 Å². The van der Waals surface area contributed by atoms with E-state index in [1.54, 1.807) is 0 Å². The molecule has 2 N–H and O–H groups in total. The Balaban J connectivity index is 2.28. The van der Waals surface area contributed by atoms with Crippen LogP contribution in [0, 0.1) is 0 Å². The molecule has 0 atom stereocenters. The molecule has 0 amide bonds. The van der Waals surface area contributed by atoms with Crippen LogP contribution in [0.25, 0.3) is 22.0 Å². The summed E-state index contributed by atoms with van der Waals surface area (Å²) in [6.45, 7) is 7.37. The molecule has 5 heteroatoms. The van der Waals surface area contributed by atoms with Crippen LogP contribution in [0.2, 0.25) is 0 Å². The molecule has 0 aliphatic rings. The molecule has 1 aromatic heterocycles. The average Bonchev–Trinajstić information content (AvgIpc) is 2.96. The number of anilines is 1. The van der Waals surface area contributed by atoms with Gasteiger partial charge in [-0.1, -0.05) is 12.1 Å². The van der Waals surface area contributed by atoms with Gasteiger partial charge in [0.15, 0.2) is 0 Å². The monoisotopic (exact) mass is 352 g/mol. The zero-order valence-electron chi connectivity index (χ0n) is 15.4. The minimum absolute atomic E-state index is 0.326. The number of ether oxygens (including phenoxy) is 2. The van der Waals surface area contributed by atoms with E-state index in [1.807, 2.05) is 67.8 Å². The van der Waals surface area contributed by atoms with Gasteiger partial charge in [0.05, 0.1) is 13.2 Å². The fourth-order valence-electron chi connectivity index (χ4n) is 3.29. The number of esters is 1. The number of carbonyl (C=O) groups excluding carboxylic acids is 1. The van der Waals surface area contributed by atoms with Crippen LogP contribution in [0.3, 0.4) is 0 Å². The van der Waals surface area contributed by atoms with Crippen LogP contribution in [0.1, 0.15) is 31.3 Å². The Bertz CT molecular complexity index is 927. The summed E-state index contributed by atoms with van der Waals surface area (Å²) in [5.41, 5.74) is 9.98. The fourth-order valence-corrected chi connectivity index (χ4v) is 3.29. The molecular weight excluding hydrogens is 328 g/mol. The lowest BCUT2D eigenvalue weighted by Crippen LogP contribution is -2.12. The molecule has 3 aromatic rings. The maximum Gasteiger partial charge on any atom is 0.355 e. The minimum Gasteiger partial charge on any atom is -0.494 e. The van der Waals surface area contributed by atoms with E-state index >= 15 is 0 Å². The summed E-state index contributed by atoms with van der Waals surface area (Å²) >= 11 is 0. The first-order valence-corrected chi connectivity index (χ1v) is 8.92. The summed E-state index contributed by atoms with van der Waals surface area (Å²) in [4.78, 5) is 12.7. The summed E-state index contributed by atoms with van der Waals surface area (Å²) in [5.74, 6) is 0.473. The summed E-state index contributed by atoms with van der Waals surface area (Å²) in [6.07, 6.45) is 0. The molecule has 0 saturated heterocycles. The molecule has 0 aliphatic carbocycles. The topological polar surface area (TPSA) is 66.5 Å². The Morgan fingerprint density at radius 3 is 2.38 bits per heavy atom. The number of nitrogen functional groups attached to an aromatic ring is 1. The highest BCUT2D eigenvalue weighted by Crippen LogP contribution is 2.37. The molecule has 0 radical (unpaired) electrons. The van der Waals surface area contributed by atoms with Gasteiger partial charge in [-0.2, -0.15) is 0 Å². The van der Waals surface area contributed by atoms with Crippen LogP contribution in [0.15, 0.2) is 42.5 Å².